The fraction of sp³-hybridized carbons (Fsp3) is 0.619. The Bertz CT molecular complexity index is 729. The van der Waals surface area contributed by atoms with Gasteiger partial charge in [-0.2, -0.15) is 0 Å². The standard InChI is InChI=1S/C21H28N2O4/c1-14-4-3-5-16(15(14)2)12-26-19-10-23(11-19)21(25)22-7-6-20-17(9-22)8-18(24)13-27-20/h3-5,17,19-20H,6-13H2,1-2H3/t17-,20+/m1/s1. The molecule has 1 aromatic rings. The molecule has 6 heteroatoms. The lowest BCUT2D eigenvalue weighted by molar-refractivity contribution is -0.140. The van der Waals surface area contributed by atoms with Crippen LogP contribution in [0.1, 0.15) is 29.5 Å². The van der Waals surface area contributed by atoms with E-state index in [2.05, 4.69) is 32.0 Å². The minimum Gasteiger partial charge on any atom is -0.370 e. The van der Waals surface area contributed by atoms with E-state index < -0.39 is 0 Å². The predicted molar refractivity (Wildman–Crippen MR) is 101 cm³/mol. The lowest BCUT2D eigenvalue weighted by atomic mass is 9.88. The van der Waals surface area contributed by atoms with Gasteiger partial charge in [0.05, 0.1) is 31.9 Å². The summed E-state index contributed by atoms with van der Waals surface area (Å²) in [5, 5.41) is 0. The first-order valence-corrected chi connectivity index (χ1v) is 9.85. The summed E-state index contributed by atoms with van der Waals surface area (Å²) in [6.45, 7) is 7.67. The molecule has 3 saturated heterocycles. The minimum atomic E-state index is 0.0676. The second-order valence-corrected chi connectivity index (χ2v) is 8.07. The van der Waals surface area contributed by atoms with Crippen LogP contribution in [0.4, 0.5) is 4.79 Å². The van der Waals surface area contributed by atoms with Gasteiger partial charge in [0, 0.05) is 25.4 Å². The normalized spacial score (nSPS) is 25.9. The molecule has 27 heavy (non-hydrogen) atoms. The molecule has 3 aliphatic heterocycles. The molecule has 0 spiro atoms. The zero-order valence-corrected chi connectivity index (χ0v) is 16.1. The molecule has 0 aromatic heterocycles. The molecule has 0 saturated carbocycles. The third-order valence-corrected chi connectivity index (χ3v) is 6.19. The molecule has 2 atom stereocenters. The van der Waals surface area contributed by atoms with Crippen molar-refractivity contribution in [3.8, 4) is 0 Å². The van der Waals surface area contributed by atoms with Crippen LogP contribution in [0, 0.1) is 19.8 Å². The number of likely N-dealkylation sites (tertiary alicyclic amines) is 2. The molecule has 2 amide bonds. The number of urea groups is 1. The van der Waals surface area contributed by atoms with Gasteiger partial charge in [-0.1, -0.05) is 18.2 Å². The van der Waals surface area contributed by atoms with Crippen molar-refractivity contribution in [1.29, 1.82) is 0 Å². The number of rotatable bonds is 3. The number of ether oxygens (including phenoxy) is 2. The van der Waals surface area contributed by atoms with Crippen molar-refractivity contribution in [1.82, 2.24) is 9.80 Å². The molecule has 0 radical (unpaired) electrons. The summed E-state index contributed by atoms with van der Waals surface area (Å²) in [5.41, 5.74) is 3.76. The van der Waals surface area contributed by atoms with Gasteiger partial charge in [0.15, 0.2) is 5.78 Å². The Labute approximate surface area is 160 Å². The number of fused-ring (bicyclic) bond motifs is 1. The molecule has 6 nitrogen and oxygen atoms in total. The van der Waals surface area contributed by atoms with E-state index in [1.54, 1.807) is 0 Å². The van der Waals surface area contributed by atoms with Crippen molar-refractivity contribution < 1.29 is 19.1 Å². The maximum atomic E-state index is 12.7. The first kappa shape index (κ1) is 18.4. The molecule has 0 bridgehead atoms. The van der Waals surface area contributed by atoms with Crippen molar-refractivity contribution in [2.24, 2.45) is 5.92 Å². The van der Waals surface area contributed by atoms with Crippen LogP contribution >= 0.6 is 0 Å². The summed E-state index contributed by atoms with van der Waals surface area (Å²) in [5.74, 6) is 0.302. The molecule has 1 aromatic carbocycles. The first-order valence-electron chi connectivity index (χ1n) is 9.85. The van der Waals surface area contributed by atoms with Gasteiger partial charge in [-0.3, -0.25) is 4.79 Å². The summed E-state index contributed by atoms with van der Waals surface area (Å²) in [6.07, 6.45) is 1.60. The highest BCUT2D eigenvalue weighted by Gasteiger charge is 2.40. The highest BCUT2D eigenvalue weighted by atomic mass is 16.5. The van der Waals surface area contributed by atoms with Crippen LogP contribution in [0.2, 0.25) is 0 Å². The summed E-state index contributed by atoms with van der Waals surface area (Å²) < 4.78 is 11.6. The Morgan fingerprint density at radius 2 is 2.04 bits per heavy atom. The van der Waals surface area contributed by atoms with Gasteiger partial charge in [-0.05, 0) is 37.0 Å². The van der Waals surface area contributed by atoms with Gasteiger partial charge in [-0.25, -0.2) is 4.79 Å². The number of benzene rings is 1. The Morgan fingerprint density at radius 3 is 2.85 bits per heavy atom. The third-order valence-electron chi connectivity index (χ3n) is 6.19. The van der Waals surface area contributed by atoms with Crippen molar-refractivity contribution in [2.75, 3.05) is 32.8 Å². The number of carbonyl (C=O) groups is 2. The predicted octanol–water partition coefficient (Wildman–Crippen LogP) is 2.30. The number of nitrogens with zero attached hydrogens (tertiary/aromatic N) is 2. The Hall–Kier alpha value is -1.92. The largest absolute Gasteiger partial charge is 0.370 e. The van der Waals surface area contributed by atoms with Crippen molar-refractivity contribution >= 4 is 11.8 Å². The summed E-state index contributed by atoms with van der Waals surface area (Å²) in [6, 6.07) is 6.33. The molecular weight excluding hydrogens is 344 g/mol. The maximum Gasteiger partial charge on any atom is 0.320 e. The second kappa shape index (κ2) is 7.60. The SMILES string of the molecule is Cc1cccc(COC2CN(C(=O)N3CC[C@@H]4OCC(=O)C[C@@H]4C3)C2)c1C. The van der Waals surface area contributed by atoms with Gasteiger partial charge in [0.2, 0.25) is 0 Å². The van der Waals surface area contributed by atoms with E-state index in [0.29, 0.717) is 39.2 Å². The molecule has 0 unspecified atom stereocenters. The van der Waals surface area contributed by atoms with E-state index in [9.17, 15) is 9.59 Å². The van der Waals surface area contributed by atoms with Gasteiger partial charge in [0.25, 0.3) is 0 Å². The Balaban J connectivity index is 1.24. The molecule has 3 heterocycles. The average molecular weight is 372 g/mol. The monoisotopic (exact) mass is 372 g/mol. The fourth-order valence-corrected chi connectivity index (χ4v) is 4.23. The molecule has 146 valence electrons. The van der Waals surface area contributed by atoms with Crippen LogP contribution < -0.4 is 0 Å². The van der Waals surface area contributed by atoms with Gasteiger partial charge < -0.3 is 19.3 Å². The Morgan fingerprint density at radius 1 is 1.22 bits per heavy atom. The Kier molecular flexibility index (Phi) is 5.19. The van der Waals surface area contributed by atoms with Crippen LogP contribution in [0.5, 0.6) is 0 Å². The van der Waals surface area contributed by atoms with Crippen LogP contribution in [0.15, 0.2) is 18.2 Å². The van der Waals surface area contributed by atoms with Crippen molar-refractivity contribution in [3.05, 3.63) is 34.9 Å². The number of hydrogen-bond acceptors (Lipinski definition) is 4. The smallest absolute Gasteiger partial charge is 0.320 e. The number of Topliss-reactive ketones (excluding diaryl/α,β-unsaturated/α-hetero) is 1. The zero-order chi connectivity index (χ0) is 19.0. The highest BCUT2D eigenvalue weighted by Crippen LogP contribution is 2.28. The summed E-state index contributed by atoms with van der Waals surface area (Å²) in [4.78, 5) is 28.1. The van der Waals surface area contributed by atoms with Gasteiger partial charge in [0.1, 0.15) is 6.61 Å². The number of aryl methyl sites for hydroxylation is 1. The van der Waals surface area contributed by atoms with Gasteiger partial charge >= 0.3 is 6.03 Å². The number of piperidine rings is 1. The molecule has 0 aliphatic carbocycles. The summed E-state index contributed by atoms with van der Waals surface area (Å²) >= 11 is 0. The number of amides is 2. The van der Waals surface area contributed by atoms with Crippen LogP contribution in [-0.2, 0) is 20.9 Å². The lowest BCUT2D eigenvalue weighted by Crippen LogP contribution is -2.61. The van der Waals surface area contributed by atoms with Gasteiger partial charge in [-0.15, -0.1) is 0 Å². The molecule has 4 rings (SSSR count). The van der Waals surface area contributed by atoms with Crippen LogP contribution in [-0.4, -0.2) is 66.6 Å². The van der Waals surface area contributed by atoms with E-state index in [-0.39, 0.29) is 36.5 Å². The van der Waals surface area contributed by atoms with E-state index in [1.165, 1.54) is 16.7 Å². The highest BCUT2D eigenvalue weighted by molar-refractivity contribution is 5.81. The van der Waals surface area contributed by atoms with E-state index in [4.69, 9.17) is 9.47 Å². The second-order valence-electron chi connectivity index (χ2n) is 8.07. The summed E-state index contributed by atoms with van der Waals surface area (Å²) in [7, 11) is 0. The van der Waals surface area contributed by atoms with Crippen LogP contribution in [0.3, 0.4) is 0 Å². The molecule has 3 fully saturated rings. The fourth-order valence-electron chi connectivity index (χ4n) is 4.23. The number of carbonyl (C=O) groups excluding carboxylic acids is 2. The number of ketones is 1. The molecular formula is C21H28N2O4. The quantitative estimate of drug-likeness (QED) is 0.817. The molecule has 3 aliphatic rings. The minimum absolute atomic E-state index is 0.0676. The topological polar surface area (TPSA) is 59.1 Å². The zero-order valence-electron chi connectivity index (χ0n) is 16.1. The first-order chi connectivity index (χ1) is 13.0. The molecule has 0 N–H and O–H groups in total. The lowest BCUT2D eigenvalue weighted by Gasteiger charge is -2.45. The van der Waals surface area contributed by atoms with Crippen molar-refractivity contribution in [2.45, 2.75) is 45.5 Å². The maximum absolute atomic E-state index is 12.7. The van der Waals surface area contributed by atoms with E-state index >= 15 is 0 Å². The third kappa shape index (κ3) is 3.87. The van der Waals surface area contributed by atoms with Crippen molar-refractivity contribution in [3.63, 3.8) is 0 Å². The number of hydrogen-bond donors (Lipinski definition) is 0. The average Bonchev–Trinajstić information content (AvgIpc) is 2.62. The van der Waals surface area contributed by atoms with E-state index in [1.807, 2.05) is 9.80 Å². The van der Waals surface area contributed by atoms with Crippen LogP contribution in [0.25, 0.3) is 0 Å². The van der Waals surface area contributed by atoms with E-state index in [0.717, 1.165) is 6.42 Å².